The minimum Gasteiger partial charge on any atom is -0.356 e. The van der Waals surface area contributed by atoms with Gasteiger partial charge in [0, 0.05) is 19.3 Å². The van der Waals surface area contributed by atoms with E-state index >= 15 is 0 Å². The summed E-state index contributed by atoms with van der Waals surface area (Å²) in [7, 11) is 0. The van der Waals surface area contributed by atoms with E-state index in [1.165, 1.54) is 19.3 Å². The first kappa shape index (κ1) is 11.5. The monoisotopic (exact) mass is 221 g/mol. The molecule has 2 rings (SSSR count). The van der Waals surface area contributed by atoms with Crippen LogP contribution in [-0.4, -0.2) is 16.1 Å². The van der Waals surface area contributed by atoms with Crippen LogP contribution in [0.15, 0.2) is 6.20 Å². The number of anilines is 1. The van der Waals surface area contributed by atoms with Crippen LogP contribution >= 0.6 is 0 Å². The number of nitrogens with zero attached hydrogens (tertiary/aromatic N) is 2. The van der Waals surface area contributed by atoms with Crippen molar-refractivity contribution < 1.29 is 0 Å². The van der Waals surface area contributed by atoms with E-state index < -0.39 is 0 Å². The lowest BCUT2D eigenvalue weighted by atomic mass is 10.2. The van der Waals surface area contributed by atoms with Gasteiger partial charge in [-0.15, -0.1) is 0 Å². The van der Waals surface area contributed by atoms with Crippen molar-refractivity contribution in [1.82, 2.24) is 9.55 Å². The largest absolute Gasteiger partial charge is 0.356 e. The van der Waals surface area contributed by atoms with Crippen molar-refractivity contribution in [2.24, 2.45) is 11.8 Å². The Labute approximate surface area is 98.3 Å². The van der Waals surface area contributed by atoms with Gasteiger partial charge in [0.15, 0.2) is 0 Å². The zero-order chi connectivity index (χ0) is 11.5. The van der Waals surface area contributed by atoms with E-state index in [0.29, 0.717) is 5.92 Å². The van der Waals surface area contributed by atoms with E-state index in [1.807, 2.05) is 0 Å². The SMILES string of the molecule is Cc1cn(CC(C)C)c(NCCC2CC2)n1. The second-order valence-corrected chi connectivity index (χ2v) is 5.41. The highest BCUT2D eigenvalue weighted by Gasteiger charge is 2.20. The molecule has 3 nitrogen and oxygen atoms in total. The summed E-state index contributed by atoms with van der Waals surface area (Å²) in [6.07, 6.45) is 6.30. The zero-order valence-electron chi connectivity index (χ0n) is 10.7. The summed E-state index contributed by atoms with van der Waals surface area (Å²) >= 11 is 0. The summed E-state index contributed by atoms with van der Waals surface area (Å²) in [4.78, 5) is 4.53. The predicted molar refractivity (Wildman–Crippen MR) is 67.6 cm³/mol. The highest BCUT2D eigenvalue weighted by Crippen LogP contribution is 2.32. The molecule has 0 aliphatic heterocycles. The number of aryl methyl sites for hydroxylation is 1. The van der Waals surface area contributed by atoms with Gasteiger partial charge in [-0.25, -0.2) is 4.98 Å². The number of rotatable bonds is 6. The average Bonchev–Trinajstić information content (AvgIpc) is 2.92. The van der Waals surface area contributed by atoms with E-state index in [-0.39, 0.29) is 0 Å². The molecule has 0 atom stereocenters. The summed E-state index contributed by atoms with van der Waals surface area (Å²) in [5.41, 5.74) is 1.11. The summed E-state index contributed by atoms with van der Waals surface area (Å²) in [5.74, 6) is 2.70. The fraction of sp³-hybridized carbons (Fsp3) is 0.769. The Morgan fingerprint density at radius 1 is 1.50 bits per heavy atom. The Morgan fingerprint density at radius 3 is 2.88 bits per heavy atom. The fourth-order valence-corrected chi connectivity index (χ4v) is 2.02. The molecule has 1 aromatic heterocycles. The summed E-state index contributed by atoms with van der Waals surface area (Å²) in [5, 5.41) is 3.46. The van der Waals surface area contributed by atoms with Crippen LogP contribution in [0.3, 0.4) is 0 Å². The molecule has 0 unspecified atom stereocenters. The van der Waals surface area contributed by atoms with Crippen LogP contribution < -0.4 is 5.32 Å². The molecule has 3 heteroatoms. The van der Waals surface area contributed by atoms with Crippen LogP contribution in [0, 0.1) is 18.8 Å². The van der Waals surface area contributed by atoms with Crippen LogP contribution in [0.1, 0.15) is 38.8 Å². The highest BCUT2D eigenvalue weighted by molar-refractivity contribution is 5.28. The summed E-state index contributed by atoms with van der Waals surface area (Å²) in [6.45, 7) is 8.65. The van der Waals surface area contributed by atoms with E-state index in [4.69, 9.17) is 0 Å². The zero-order valence-corrected chi connectivity index (χ0v) is 10.7. The van der Waals surface area contributed by atoms with Gasteiger partial charge in [-0.1, -0.05) is 26.7 Å². The highest BCUT2D eigenvalue weighted by atomic mass is 15.2. The first-order valence-corrected chi connectivity index (χ1v) is 6.43. The number of hydrogen-bond acceptors (Lipinski definition) is 2. The first-order chi connectivity index (χ1) is 7.65. The molecule has 1 N–H and O–H groups in total. The molecule has 0 radical (unpaired) electrons. The third-order valence-corrected chi connectivity index (χ3v) is 2.99. The van der Waals surface area contributed by atoms with E-state index in [9.17, 15) is 0 Å². The molecule has 0 bridgehead atoms. The van der Waals surface area contributed by atoms with Gasteiger partial charge in [-0.2, -0.15) is 0 Å². The van der Waals surface area contributed by atoms with Gasteiger partial charge >= 0.3 is 0 Å². The van der Waals surface area contributed by atoms with Gasteiger partial charge in [-0.05, 0) is 25.2 Å². The van der Waals surface area contributed by atoms with Gasteiger partial charge < -0.3 is 9.88 Å². The van der Waals surface area contributed by atoms with Crippen LogP contribution in [0.5, 0.6) is 0 Å². The Hall–Kier alpha value is -0.990. The minimum atomic E-state index is 0.664. The Morgan fingerprint density at radius 2 is 2.25 bits per heavy atom. The third kappa shape index (κ3) is 3.26. The molecule has 1 aliphatic carbocycles. The molecule has 0 aromatic carbocycles. The molecule has 16 heavy (non-hydrogen) atoms. The van der Waals surface area contributed by atoms with Gasteiger partial charge in [-0.3, -0.25) is 0 Å². The van der Waals surface area contributed by atoms with E-state index in [1.54, 1.807) is 0 Å². The lowest BCUT2D eigenvalue weighted by Crippen LogP contribution is -2.11. The molecule has 1 fully saturated rings. The maximum absolute atomic E-state index is 4.53. The van der Waals surface area contributed by atoms with Crippen molar-refractivity contribution >= 4 is 5.95 Å². The molecular weight excluding hydrogens is 198 g/mol. The number of imidazole rings is 1. The van der Waals surface area contributed by atoms with Crippen molar-refractivity contribution in [2.75, 3.05) is 11.9 Å². The number of nitrogens with one attached hydrogen (secondary N) is 1. The first-order valence-electron chi connectivity index (χ1n) is 6.43. The lowest BCUT2D eigenvalue weighted by molar-refractivity contribution is 0.525. The molecular formula is C13H23N3. The summed E-state index contributed by atoms with van der Waals surface area (Å²) < 4.78 is 2.24. The van der Waals surface area contributed by atoms with Gasteiger partial charge in [0.05, 0.1) is 5.69 Å². The molecule has 1 aromatic rings. The van der Waals surface area contributed by atoms with Crippen LogP contribution in [0.2, 0.25) is 0 Å². The number of hydrogen-bond donors (Lipinski definition) is 1. The average molecular weight is 221 g/mol. The molecule has 0 amide bonds. The van der Waals surface area contributed by atoms with Crippen molar-refractivity contribution in [2.45, 2.75) is 46.6 Å². The minimum absolute atomic E-state index is 0.664. The molecule has 0 spiro atoms. The van der Waals surface area contributed by atoms with Gasteiger partial charge in [0.1, 0.15) is 0 Å². The number of aromatic nitrogens is 2. The van der Waals surface area contributed by atoms with Crippen molar-refractivity contribution in [3.8, 4) is 0 Å². The molecule has 0 saturated heterocycles. The molecule has 90 valence electrons. The Kier molecular flexibility index (Phi) is 3.52. The fourth-order valence-electron chi connectivity index (χ4n) is 2.02. The maximum Gasteiger partial charge on any atom is 0.203 e. The Balaban J connectivity index is 1.89. The van der Waals surface area contributed by atoms with E-state index in [0.717, 1.165) is 30.6 Å². The second-order valence-electron chi connectivity index (χ2n) is 5.41. The molecule has 1 saturated carbocycles. The second kappa shape index (κ2) is 4.89. The maximum atomic E-state index is 4.53. The summed E-state index contributed by atoms with van der Waals surface area (Å²) in [6, 6.07) is 0. The molecule has 1 aliphatic rings. The lowest BCUT2D eigenvalue weighted by Gasteiger charge is -2.11. The van der Waals surface area contributed by atoms with Crippen LogP contribution in [-0.2, 0) is 6.54 Å². The smallest absolute Gasteiger partial charge is 0.203 e. The third-order valence-electron chi connectivity index (χ3n) is 2.99. The van der Waals surface area contributed by atoms with Crippen LogP contribution in [0.4, 0.5) is 5.95 Å². The standard InChI is InChI=1S/C13H23N3/c1-10(2)8-16-9-11(3)15-13(16)14-7-6-12-4-5-12/h9-10,12H,4-8H2,1-3H3,(H,14,15). The quantitative estimate of drug-likeness (QED) is 0.800. The van der Waals surface area contributed by atoms with Crippen molar-refractivity contribution in [3.05, 3.63) is 11.9 Å². The van der Waals surface area contributed by atoms with E-state index in [2.05, 4.69) is 41.8 Å². The normalized spacial score (nSPS) is 15.8. The van der Waals surface area contributed by atoms with Crippen molar-refractivity contribution in [1.29, 1.82) is 0 Å². The van der Waals surface area contributed by atoms with Crippen molar-refractivity contribution in [3.63, 3.8) is 0 Å². The van der Waals surface area contributed by atoms with Gasteiger partial charge in [0.2, 0.25) is 5.95 Å². The van der Waals surface area contributed by atoms with Gasteiger partial charge in [0.25, 0.3) is 0 Å². The van der Waals surface area contributed by atoms with Crippen LogP contribution in [0.25, 0.3) is 0 Å². The Bertz CT molecular complexity index is 337. The topological polar surface area (TPSA) is 29.9 Å². The predicted octanol–water partition coefficient (Wildman–Crippen LogP) is 3.06. The molecule has 1 heterocycles.